The number of aliphatic carboxylic acids is 1. The highest BCUT2D eigenvalue weighted by molar-refractivity contribution is 5.83. The zero-order valence-corrected chi connectivity index (χ0v) is 16.2. The summed E-state index contributed by atoms with van der Waals surface area (Å²) in [6.45, 7) is 0.747. The van der Waals surface area contributed by atoms with E-state index in [1.165, 1.54) is 19.2 Å². The molecule has 0 unspecified atom stereocenters. The summed E-state index contributed by atoms with van der Waals surface area (Å²) in [6.07, 6.45) is -3.62. The number of halogens is 3. The number of nitrogens with zero attached hydrogens (tertiary/aromatic N) is 1. The van der Waals surface area contributed by atoms with Crippen molar-refractivity contribution in [2.24, 2.45) is 0 Å². The fourth-order valence-corrected chi connectivity index (χ4v) is 4.03. The van der Waals surface area contributed by atoms with Gasteiger partial charge in [0.15, 0.2) is 0 Å². The second kappa shape index (κ2) is 7.59. The Morgan fingerprint density at radius 3 is 2.70 bits per heavy atom. The SMILES string of the molecule is COc1ccc(COc2ccc3c(c2)cc2n3CC[C@@H]2CC(=O)O)cc1C(F)(F)F. The van der Waals surface area contributed by atoms with Crippen LogP contribution in [0.5, 0.6) is 11.5 Å². The van der Waals surface area contributed by atoms with Crippen LogP contribution in [0.25, 0.3) is 10.9 Å². The summed E-state index contributed by atoms with van der Waals surface area (Å²) >= 11 is 0. The van der Waals surface area contributed by atoms with Gasteiger partial charge in [-0.2, -0.15) is 13.2 Å². The molecule has 2 heterocycles. The van der Waals surface area contributed by atoms with Crippen LogP contribution in [0.4, 0.5) is 13.2 Å². The number of rotatable bonds is 6. The fourth-order valence-electron chi connectivity index (χ4n) is 4.03. The Kier molecular flexibility index (Phi) is 5.09. The van der Waals surface area contributed by atoms with Crippen molar-refractivity contribution in [2.45, 2.75) is 38.1 Å². The van der Waals surface area contributed by atoms with Gasteiger partial charge in [0.05, 0.1) is 19.1 Å². The molecule has 1 aliphatic rings. The lowest BCUT2D eigenvalue weighted by Gasteiger charge is -2.14. The molecule has 1 atom stereocenters. The lowest BCUT2D eigenvalue weighted by molar-refractivity contribution is -0.139. The van der Waals surface area contributed by atoms with E-state index in [4.69, 9.17) is 14.6 Å². The number of fused-ring (bicyclic) bond motifs is 3. The first kappa shape index (κ1) is 20.1. The Hall–Kier alpha value is -3.16. The summed E-state index contributed by atoms with van der Waals surface area (Å²) in [5.41, 5.74) is 1.53. The number of alkyl halides is 3. The number of methoxy groups -OCH3 is 1. The lowest BCUT2D eigenvalue weighted by Crippen LogP contribution is -2.09. The van der Waals surface area contributed by atoms with Gasteiger partial charge in [-0.25, -0.2) is 0 Å². The van der Waals surface area contributed by atoms with Crippen molar-refractivity contribution in [3.05, 3.63) is 59.3 Å². The fraction of sp³-hybridized carbons (Fsp3) is 0.318. The van der Waals surface area contributed by atoms with E-state index in [9.17, 15) is 18.0 Å². The van der Waals surface area contributed by atoms with Crippen molar-refractivity contribution in [2.75, 3.05) is 7.11 Å². The van der Waals surface area contributed by atoms with E-state index >= 15 is 0 Å². The normalized spacial score (nSPS) is 15.9. The molecule has 0 saturated carbocycles. The van der Waals surface area contributed by atoms with Gasteiger partial charge in [0.25, 0.3) is 0 Å². The summed E-state index contributed by atoms with van der Waals surface area (Å²) in [6, 6.07) is 11.3. The smallest absolute Gasteiger partial charge is 0.419 e. The van der Waals surface area contributed by atoms with E-state index < -0.39 is 17.7 Å². The molecule has 3 aromatic rings. The maximum atomic E-state index is 13.2. The minimum atomic E-state index is -4.51. The Morgan fingerprint density at radius 2 is 2.00 bits per heavy atom. The largest absolute Gasteiger partial charge is 0.496 e. The van der Waals surface area contributed by atoms with Gasteiger partial charge in [-0.05, 0) is 48.4 Å². The number of carboxylic acids is 1. The number of hydrogen-bond donors (Lipinski definition) is 1. The van der Waals surface area contributed by atoms with E-state index in [0.717, 1.165) is 35.6 Å². The van der Waals surface area contributed by atoms with Gasteiger partial charge < -0.3 is 19.1 Å². The third-order valence-corrected chi connectivity index (χ3v) is 5.42. The molecule has 0 radical (unpaired) electrons. The third kappa shape index (κ3) is 3.81. The van der Waals surface area contributed by atoms with Crippen LogP contribution in [0.3, 0.4) is 0 Å². The second-order valence-corrected chi connectivity index (χ2v) is 7.35. The quantitative estimate of drug-likeness (QED) is 0.596. The molecule has 5 nitrogen and oxygen atoms in total. The highest BCUT2D eigenvalue weighted by Gasteiger charge is 2.34. The standard InChI is InChI=1S/C22H20F3NO4/c1-29-20-5-2-13(8-17(20)22(23,24)25)12-30-16-3-4-18-15(9-16)10-19-14(11-21(27)28)6-7-26(18)19/h2-5,8-10,14H,6-7,11-12H2,1H3,(H,27,28)/t14-/m1/s1. The minimum Gasteiger partial charge on any atom is -0.496 e. The number of hydrogen-bond acceptors (Lipinski definition) is 3. The van der Waals surface area contributed by atoms with Gasteiger partial charge in [-0.1, -0.05) is 6.07 Å². The molecule has 0 spiro atoms. The minimum absolute atomic E-state index is 0.0145. The molecule has 0 aliphatic carbocycles. The molecule has 2 aromatic carbocycles. The Labute approximate surface area is 170 Å². The van der Waals surface area contributed by atoms with Gasteiger partial charge >= 0.3 is 12.1 Å². The summed E-state index contributed by atoms with van der Waals surface area (Å²) < 4.78 is 52.2. The molecule has 1 N–H and O–H groups in total. The molecule has 30 heavy (non-hydrogen) atoms. The summed E-state index contributed by atoms with van der Waals surface area (Å²) in [4.78, 5) is 11.1. The van der Waals surface area contributed by atoms with Crippen LogP contribution < -0.4 is 9.47 Å². The van der Waals surface area contributed by atoms with Gasteiger partial charge in [0.1, 0.15) is 18.1 Å². The predicted molar refractivity (Wildman–Crippen MR) is 104 cm³/mol. The number of carboxylic acid groups (broad SMARTS) is 1. The number of carbonyl (C=O) groups is 1. The van der Waals surface area contributed by atoms with Crippen molar-refractivity contribution in [1.82, 2.24) is 4.57 Å². The lowest BCUT2D eigenvalue weighted by atomic mass is 10.0. The monoisotopic (exact) mass is 419 g/mol. The first-order valence-corrected chi connectivity index (χ1v) is 9.48. The van der Waals surface area contributed by atoms with Crippen LogP contribution in [0, 0.1) is 0 Å². The highest BCUT2D eigenvalue weighted by Crippen LogP contribution is 2.38. The van der Waals surface area contributed by atoms with E-state index in [-0.39, 0.29) is 24.7 Å². The second-order valence-electron chi connectivity index (χ2n) is 7.35. The predicted octanol–water partition coefficient (Wildman–Crippen LogP) is 5.21. The van der Waals surface area contributed by atoms with Gasteiger partial charge in [-0.3, -0.25) is 4.79 Å². The number of aromatic nitrogens is 1. The zero-order chi connectivity index (χ0) is 21.5. The summed E-state index contributed by atoms with van der Waals surface area (Å²) in [7, 11) is 1.20. The molecule has 0 saturated heterocycles. The molecule has 1 aromatic heterocycles. The van der Waals surface area contributed by atoms with Crippen molar-refractivity contribution >= 4 is 16.9 Å². The third-order valence-electron chi connectivity index (χ3n) is 5.42. The average molecular weight is 419 g/mol. The molecule has 0 fully saturated rings. The average Bonchev–Trinajstić information content (AvgIpc) is 3.24. The molecule has 8 heteroatoms. The Morgan fingerprint density at radius 1 is 1.20 bits per heavy atom. The first-order chi connectivity index (χ1) is 14.3. The van der Waals surface area contributed by atoms with Crippen LogP contribution in [-0.4, -0.2) is 22.8 Å². The summed E-state index contributed by atoms with van der Waals surface area (Å²) in [5, 5.41) is 10.0. The maximum absolute atomic E-state index is 13.2. The maximum Gasteiger partial charge on any atom is 0.419 e. The zero-order valence-electron chi connectivity index (χ0n) is 16.2. The van der Waals surface area contributed by atoms with Crippen molar-refractivity contribution in [3.63, 3.8) is 0 Å². The van der Waals surface area contributed by atoms with Gasteiger partial charge in [-0.15, -0.1) is 0 Å². The topological polar surface area (TPSA) is 60.7 Å². The Bertz CT molecular complexity index is 1100. The van der Waals surface area contributed by atoms with Crippen LogP contribution >= 0.6 is 0 Å². The summed E-state index contributed by atoms with van der Waals surface area (Å²) in [5.74, 6) is -0.530. The van der Waals surface area contributed by atoms with Crippen molar-refractivity contribution < 1.29 is 32.5 Å². The van der Waals surface area contributed by atoms with Crippen LogP contribution in [0.15, 0.2) is 42.5 Å². The van der Waals surface area contributed by atoms with E-state index in [2.05, 4.69) is 4.57 Å². The molecule has 1 aliphatic heterocycles. The van der Waals surface area contributed by atoms with Crippen LogP contribution in [0.1, 0.15) is 35.6 Å². The number of ether oxygens (including phenoxy) is 2. The molecule has 0 amide bonds. The molecule has 0 bridgehead atoms. The Balaban J connectivity index is 1.54. The number of benzene rings is 2. The molecule has 4 rings (SSSR count). The van der Waals surface area contributed by atoms with Crippen LogP contribution in [0.2, 0.25) is 0 Å². The number of aryl methyl sites for hydroxylation is 1. The van der Waals surface area contributed by atoms with Gasteiger partial charge in [0.2, 0.25) is 0 Å². The van der Waals surface area contributed by atoms with Crippen molar-refractivity contribution in [1.29, 1.82) is 0 Å². The molecular weight excluding hydrogens is 399 g/mol. The van der Waals surface area contributed by atoms with Crippen molar-refractivity contribution in [3.8, 4) is 11.5 Å². The van der Waals surface area contributed by atoms with E-state index in [1.807, 2.05) is 18.2 Å². The molecular formula is C22H20F3NO4. The van der Waals surface area contributed by atoms with E-state index in [1.54, 1.807) is 6.07 Å². The first-order valence-electron chi connectivity index (χ1n) is 9.48. The van der Waals surface area contributed by atoms with E-state index in [0.29, 0.717) is 11.3 Å². The van der Waals surface area contributed by atoms with Crippen LogP contribution in [-0.2, 0) is 24.1 Å². The molecule has 158 valence electrons. The highest BCUT2D eigenvalue weighted by atomic mass is 19.4. The van der Waals surface area contributed by atoms with Gasteiger partial charge in [0, 0.05) is 29.1 Å².